The first-order valence-electron chi connectivity index (χ1n) is 7.24. The quantitative estimate of drug-likeness (QED) is 0.836. The van der Waals surface area contributed by atoms with Crippen LogP contribution >= 0.6 is 0 Å². The van der Waals surface area contributed by atoms with Crippen molar-refractivity contribution in [1.29, 1.82) is 0 Å². The Hall–Kier alpha value is -1.18. The van der Waals surface area contributed by atoms with Gasteiger partial charge in [0.1, 0.15) is 5.75 Å². The lowest BCUT2D eigenvalue weighted by Gasteiger charge is -2.26. The molecule has 2 heteroatoms. The van der Waals surface area contributed by atoms with Crippen LogP contribution in [0, 0.1) is 11.8 Å². The van der Waals surface area contributed by atoms with E-state index in [2.05, 4.69) is 43.4 Å². The highest BCUT2D eigenvalue weighted by Gasteiger charge is 2.18. The highest BCUT2D eigenvalue weighted by Crippen LogP contribution is 2.28. The predicted octanol–water partition coefficient (Wildman–Crippen LogP) is 4.32. The van der Waals surface area contributed by atoms with Gasteiger partial charge in [-0.2, -0.15) is 0 Å². The van der Waals surface area contributed by atoms with Gasteiger partial charge in [0.15, 0.2) is 0 Å². The molecule has 0 heterocycles. The zero-order valence-electron chi connectivity index (χ0n) is 11.6. The molecule has 0 radical (unpaired) electrons. The Morgan fingerprint density at radius 3 is 2.39 bits per heavy atom. The average Bonchev–Trinajstić information content (AvgIpc) is 2.40. The van der Waals surface area contributed by atoms with Gasteiger partial charge in [-0.3, -0.25) is 0 Å². The molecule has 1 aliphatic carbocycles. The normalized spacial score (nSPS) is 23.7. The molecule has 1 N–H and O–H groups in total. The van der Waals surface area contributed by atoms with Crippen LogP contribution in [0.15, 0.2) is 24.3 Å². The first-order valence-corrected chi connectivity index (χ1v) is 7.24. The van der Waals surface area contributed by atoms with Gasteiger partial charge >= 0.3 is 0 Å². The van der Waals surface area contributed by atoms with Crippen molar-refractivity contribution in [1.82, 2.24) is 0 Å². The van der Waals surface area contributed by atoms with Crippen LogP contribution in [-0.4, -0.2) is 13.2 Å². The van der Waals surface area contributed by atoms with Gasteiger partial charge in [0, 0.05) is 12.2 Å². The molecular weight excluding hydrogens is 222 g/mol. The maximum atomic E-state index is 5.89. The van der Waals surface area contributed by atoms with E-state index in [0.717, 1.165) is 36.4 Å². The molecule has 1 aliphatic rings. The van der Waals surface area contributed by atoms with E-state index in [-0.39, 0.29) is 0 Å². The van der Waals surface area contributed by atoms with Gasteiger partial charge in [0.05, 0.1) is 6.61 Å². The Morgan fingerprint density at radius 1 is 1.11 bits per heavy atom. The van der Waals surface area contributed by atoms with Gasteiger partial charge in [0.25, 0.3) is 0 Å². The van der Waals surface area contributed by atoms with Crippen LogP contribution < -0.4 is 10.1 Å². The number of anilines is 1. The number of benzene rings is 1. The van der Waals surface area contributed by atoms with Crippen LogP contribution in [0.3, 0.4) is 0 Å². The summed E-state index contributed by atoms with van der Waals surface area (Å²) in [5.74, 6) is 2.67. The Balaban J connectivity index is 1.76. The number of hydrogen-bond donors (Lipinski definition) is 1. The van der Waals surface area contributed by atoms with E-state index in [0.29, 0.717) is 0 Å². The lowest BCUT2D eigenvalue weighted by atomic mass is 9.83. The maximum absolute atomic E-state index is 5.89. The molecule has 0 atom stereocenters. The fourth-order valence-electron chi connectivity index (χ4n) is 2.58. The monoisotopic (exact) mass is 247 g/mol. The van der Waals surface area contributed by atoms with E-state index in [1.165, 1.54) is 25.7 Å². The molecule has 2 nitrogen and oxygen atoms in total. The second-order valence-electron chi connectivity index (χ2n) is 5.49. The zero-order valence-corrected chi connectivity index (χ0v) is 11.6. The Kier molecular flexibility index (Phi) is 4.91. The summed E-state index contributed by atoms with van der Waals surface area (Å²) in [6, 6.07) is 8.29. The molecule has 1 fully saturated rings. The molecule has 0 spiro atoms. The van der Waals surface area contributed by atoms with Crippen molar-refractivity contribution in [2.45, 2.75) is 39.5 Å². The standard InChI is InChI=1S/C16H25NO/c1-3-17-15-8-10-16(11-9-15)18-12-14-6-4-13(2)5-7-14/h8-11,13-14,17H,3-7,12H2,1-2H3. The molecule has 1 aromatic rings. The second-order valence-corrected chi connectivity index (χ2v) is 5.49. The van der Waals surface area contributed by atoms with Crippen LogP contribution in [-0.2, 0) is 0 Å². The topological polar surface area (TPSA) is 21.3 Å². The minimum Gasteiger partial charge on any atom is -0.493 e. The summed E-state index contributed by atoms with van der Waals surface area (Å²) < 4.78 is 5.89. The van der Waals surface area contributed by atoms with E-state index in [1.807, 2.05) is 0 Å². The van der Waals surface area contributed by atoms with Gasteiger partial charge in [-0.1, -0.05) is 19.8 Å². The van der Waals surface area contributed by atoms with Crippen molar-refractivity contribution < 1.29 is 4.74 Å². The van der Waals surface area contributed by atoms with E-state index < -0.39 is 0 Å². The van der Waals surface area contributed by atoms with Gasteiger partial charge in [-0.15, -0.1) is 0 Å². The summed E-state index contributed by atoms with van der Waals surface area (Å²) in [7, 11) is 0. The fourth-order valence-corrected chi connectivity index (χ4v) is 2.58. The minimum atomic E-state index is 0.759. The van der Waals surface area contributed by atoms with Crippen molar-refractivity contribution in [2.24, 2.45) is 11.8 Å². The molecule has 1 saturated carbocycles. The Morgan fingerprint density at radius 2 is 1.78 bits per heavy atom. The molecule has 1 aromatic carbocycles. The van der Waals surface area contributed by atoms with Crippen LogP contribution in [0.4, 0.5) is 5.69 Å². The third-order valence-electron chi connectivity index (χ3n) is 3.86. The van der Waals surface area contributed by atoms with Crippen LogP contribution in [0.25, 0.3) is 0 Å². The molecule has 0 amide bonds. The summed E-state index contributed by atoms with van der Waals surface area (Å²) in [5, 5.41) is 3.29. The lowest BCUT2D eigenvalue weighted by Crippen LogP contribution is -2.18. The highest BCUT2D eigenvalue weighted by atomic mass is 16.5. The van der Waals surface area contributed by atoms with Crippen molar-refractivity contribution >= 4 is 5.69 Å². The first-order chi connectivity index (χ1) is 8.78. The molecule has 2 rings (SSSR count). The Labute approximate surface area is 111 Å². The summed E-state index contributed by atoms with van der Waals surface area (Å²) in [6.07, 6.45) is 5.40. The molecule has 0 aliphatic heterocycles. The molecule has 0 saturated heterocycles. The molecule has 0 unspecified atom stereocenters. The smallest absolute Gasteiger partial charge is 0.119 e. The van der Waals surface area contributed by atoms with Gasteiger partial charge in [0.2, 0.25) is 0 Å². The Bertz CT molecular complexity index is 339. The third-order valence-corrected chi connectivity index (χ3v) is 3.86. The number of rotatable bonds is 5. The molecule has 0 bridgehead atoms. The third kappa shape index (κ3) is 3.94. The number of nitrogens with one attached hydrogen (secondary N) is 1. The van der Waals surface area contributed by atoms with E-state index in [9.17, 15) is 0 Å². The van der Waals surface area contributed by atoms with Gasteiger partial charge in [-0.25, -0.2) is 0 Å². The lowest BCUT2D eigenvalue weighted by molar-refractivity contribution is 0.188. The van der Waals surface area contributed by atoms with Crippen molar-refractivity contribution in [3.8, 4) is 5.75 Å². The van der Waals surface area contributed by atoms with Crippen LogP contribution in [0.2, 0.25) is 0 Å². The molecular formula is C16H25NO. The summed E-state index contributed by atoms with van der Waals surface area (Å²) in [5.41, 5.74) is 1.16. The second kappa shape index (κ2) is 6.67. The van der Waals surface area contributed by atoms with Crippen LogP contribution in [0.1, 0.15) is 39.5 Å². The molecule has 100 valence electrons. The van der Waals surface area contributed by atoms with Crippen LogP contribution in [0.5, 0.6) is 5.75 Å². The van der Waals surface area contributed by atoms with E-state index >= 15 is 0 Å². The summed E-state index contributed by atoms with van der Waals surface area (Å²) >= 11 is 0. The van der Waals surface area contributed by atoms with E-state index in [4.69, 9.17) is 4.74 Å². The SMILES string of the molecule is CCNc1ccc(OCC2CCC(C)CC2)cc1. The van der Waals surface area contributed by atoms with Gasteiger partial charge < -0.3 is 10.1 Å². The number of ether oxygens (including phenoxy) is 1. The highest BCUT2D eigenvalue weighted by molar-refractivity contribution is 5.46. The minimum absolute atomic E-state index is 0.759. The van der Waals surface area contributed by atoms with Gasteiger partial charge in [-0.05, 0) is 55.9 Å². The zero-order chi connectivity index (χ0) is 12.8. The molecule has 18 heavy (non-hydrogen) atoms. The van der Waals surface area contributed by atoms with Crippen molar-refractivity contribution in [3.05, 3.63) is 24.3 Å². The fraction of sp³-hybridized carbons (Fsp3) is 0.625. The maximum Gasteiger partial charge on any atom is 0.119 e. The van der Waals surface area contributed by atoms with E-state index in [1.54, 1.807) is 0 Å². The largest absolute Gasteiger partial charge is 0.493 e. The van der Waals surface area contributed by atoms with Crippen molar-refractivity contribution in [2.75, 3.05) is 18.5 Å². The number of hydrogen-bond acceptors (Lipinski definition) is 2. The first kappa shape index (κ1) is 13.3. The average molecular weight is 247 g/mol. The predicted molar refractivity (Wildman–Crippen MR) is 77.2 cm³/mol. The van der Waals surface area contributed by atoms with Crippen molar-refractivity contribution in [3.63, 3.8) is 0 Å². The summed E-state index contributed by atoms with van der Waals surface area (Å²) in [4.78, 5) is 0. The molecule has 0 aromatic heterocycles. The summed E-state index contributed by atoms with van der Waals surface area (Å²) in [6.45, 7) is 6.30.